The largest absolute Gasteiger partial charge is 0.448 e. The van der Waals surface area contributed by atoms with Gasteiger partial charge in [0, 0.05) is 0 Å². The van der Waals surface area contributed by atoms with Gasteiger partial charge in [-0.15, -0.1) is 0 Å². The lowest BCUT2D eigenvalue weighted by atomic mass is 10.1. The second-order valence-electron chi connectivity index (χ2n) is 1.99. The Balaban J connectivity index is 2.87. The van der Waals surface area contributed by atoms with E-state index in [1.807, 2.05) is 6.07 Å². The summed E-state index contributed by atoms with van der Waals surface area (Å²) in [5.74, 6) is 0.403. The summed E-state index contributed by atoms with van der Waals surface area (Å²) in [6.07, 6.45) is 0. The molecule has 0 aliphatic carbocycles. The first-order valence-corrected chi connectivity index (χ1v) is 3.26. The zero-order chi connectivity index (χ0) is 7.56. The van der Waals surface area contributed by atoms with Crippen LogP contribution in [0.3, 0.4) is 0 Å². The van der Waals surface area contributed by atoms with Crippen LogP contribution in [0.4, 0.5) is 0 Å². The Morgan fingerprint density at radius 3 is 2.80 bits per heavy atom. The van der Waals surface area contributed by atoms with Crippen LogP contribution in [0.15, 0.2) is 16.5 Å². The van der Waals surface area contributed by atoms with Crippen LogP contribution in [-0.4, -0.2) is 0 Å². The third kappa shape index (κ3) is 1.31. The summed E-state index contributed by atoms with van der Waals surface area (Å²) in [6, 6.07) is 5.38. The van der Waals surface area contributed by atoms with Crippen LogP contribution in [0.2, 0.25) is 5.22 Å². The Hall–Kier alpha value is -0.940. The van der Waals surface area contributed by atoms with E-state index in [1.54, 1.807) is 19.1 Å². The van der Waals surface area contributed by atoms with Crippen LogP contribution >= 0.6 is 11.6 Å². The van der Waals surface area contributed by atoms with Gasteiger partial charge in [0.05, 0.1) is 6.07 Å². The lowest BCUT2D eigenvalue weighted by Crippen LogP contribution is -1.83. The molecule has 1 aromatic rings. The van der Waals surface area contributed by atoms with Crippen molar-refractivity contribution in [3.05, 3.63) is 23.1 Å². The van der Waals surface area contributed by atoms with Gasteiger partial charge in [-0.3, -0.25) is 0 Å². The minimum Gasteiger partial charge on any atom is -0.448 e. The standard InChI is InChI=1S/C7H6ClNO/c1-5(4-9)6-2-3-7(8)10-6/h2-3,5H,1H3. The van der Waals surface area contributed by atoms with E-state index in [-0.39, 0.29) is 5.92 Å². The van der Waals surface area contributed by atoms with Gasteiger partial charge in [0.2, 0.25) is 0 Å². The number of hydrogen-bond donors (Lipinski definition) is 0. The molecule has 1 unspecified atom stereocenters. The number of nitriles is 1. The van der Waals surface area contributed by atoms with E-state index in [0.717, 1.165) is 0 Å². The van der Waals surface area contributed by atoms with Crippen molar-refractivity contribution in [1.29, 1.82) is 5.26 Å². The average Bonchev–Trinajstić information content (AvgIpc) is 2.34. The predicted molar refractivity (Wildman–Crippen MR) is 37.7 cm³/mol. The van der Waals surface area contributed by atoms with E-state index in [9.17, 15) is 0 Å². The summed E-state index contributed by atoms with van der Waals surface area (Å²) < 4.78 is 4.98. The highest BCUT2D eigenvalue weighted by atomic mass is 35.5. The van der Waals surface area contributed by atoms with Gasteiger partial charge < -0.3 is 4.42 Å². The monoisotopic (exact) mass is 155 g/mol. The number of rotatable bonds is 1. The van der Waals surface area contributed by atoms with Gasteiger partial charge in [-0.2, -0.15) is 5.26 Å². The van der Waals surface area contributed by atoms with Crippen molar-refractivity contribution in [3.63, 3.8) is 0 Å². The molecule has 0 radical (unpaired) electrons. The molecule has 0 spiro atoms. The highest BCUT2D eigenvalue weighted by molar-refractivity contribution is 6.28. The van der Waals surface area contributed by atoms with Gasteiger partial charge in [-0.25, -0.2) is 0 Å². The van der Waals surface area contributed by atoms with Gasteiger partial charge in [0.1, 0.15) is 11.7 Å². The molecule has 1 atom stereocenters. The maximum absolute atomic E-state index is 8.44. The third-order valence-electron chi connectivity index (χ3n) is 1.21. The van der Waals surface area contributed by atoms with E-state index < -0.39 is 0 Å². The lowest BCUT2D eigenvalue weighted by molar-refractivity contribution is 0.504. The molecule has 2 nitrogen and oxygen atoms in total. The highest BCUT2D eigenvalue weighted by Crippen LogP contribution is 2.20. The van der Waals surface area contributed by atoms with Gasteiger partial charge in [-0.1, -0.05) is 0 Å². The number of hydrogen-bond acceptors (Lipinski definition) is 2. The number of nitrogens with zero attached hydrogens (tertiary/aromatic N) is 1. The van der Waals surface area contributed by atoms with Crippen molar-refractivity contribution in [2.45, 2.75) is 12.8 Å². The first-order valence-electron chi connectivity index (χ1n) is 2.89. The van der Waals surface area contributed by atoms with Crippen LogP contribution in [-0.2, 0) is 0 Å². The highest BCUT2D eigenvalue weighted by Gasteiger charge is 2.07. The van der Waals surface area contributed by atoms with Crippen molar-refractivity contribution in [2.24, 2.45) is 0 Å². The Bertz CT molecular complexity index is 261. The van der Waals surface area contributed by atoms with Crippen LogP contribution < -0.4 is 0 Å². The van der Waals surface area contributed by atoms with Crippen LogP contribution in [0, 0.1) is 11.3 Å². The second kappa shape index (κ2) is 2.76. The topological polar surface area (TPSA) is 36.9 Å². The molecular weight excluding hydrogens is 150 g/mol. The second-order valence-corrected chi connectivity index (χ2v) is 2.37. The fraction of sp³-hybridized carbons (Fsp3) is 0.286. The summed E-state index contributed by atoms with van der Waals surface area (Å²) in [5, 5.41) is 8.78. The molecule has 0 bridgehead atoms. The van der Waals surface area contributed by atoms with E-state index in [1.165, 1.54) is 0 Å². The van der Waals surface area contributed by atoms with Gasteiger partial charge >= 0.3 is 0 Å². The first-order chi connectivity index (χ1) is 4.74. The van der Waals surface area contributed by atoms with Crippen LogP contribution in [0.1, 0.15) is 18.6 Å². The maximum atomic E-state index is 8.44. The van der Waals surface area contributed by atoms with E-state index in [4.69, 9.17) is 21.3 Å². The van der Waals surface area contributed by atoms with Crippen molar-refractivity contribution >= 4 is 11.6 Å². The number of halogens is 1. The van der Waals surface area contributed by atoms with Crippen molar-refractivity contribution in [3.8, 4) is 6.07 Å². The molecule has 1 aromatic heterocycles. The first kappa shape index (κ1) is 7.17. The minimum atomic E-state index is -0.215. The third-order valence-corrected chi connectivity index (χ3v) is 1.42. The average molecular weight is 156 g/mol. The van der Waals surface area contributed by atoms with Crippen molar-refractivity contribution in [1.82, 2.24) is 0 Å². The summed E-state index contributed by atoms with van der Waals surface area (Å²) >= 11 is 5.49. The molecule has 1 heterocycles. The Labute approximate surface area is 64.0 Å². The zero-order valence-corrected chi connectivity index (χ0v) is 6.22. The summed E-state index contributed by atoms with van der Waals surface area (Å²) in [5.41, 5.74) is 0. The molecule has 0 fully saturated rings. The van der Waals surface area contributed by atoms with Gasteiger partial charge in [-0.05, 0) is 30.7 Å². The van der Waals surface area contributed by atoms with Gasteiger partial charge in [0.25, 0.3) is 0 Å². The number of furan rings is 1. The molecule has 0 amide bonds. The van der Waals surface area contributed by atoms with Crippen LogP contribution in [0.25, 0.3) is 0 Å². The molecule has 52 valence electrons. The Kier molecular flexibility index (Phi) is 1.98. The van der Waals surface area contributed by atoms with Gasteiger partial charge in [0.15, 0.2) is 5.22 Å². The molecule has 1 rings (SSSR count). The Morgan fingerprint density at radius 1 is 1.70 bits per heavy atom. The van der Waals surface area contributed by atoms with E-state index >= 15 is 0 Å². The fourth-order valence-electron chi connectivity index (χ4n) is 0.625. The van der Waals surface area contributed by atoms with Crippen molar-refractivity contribution < 1.29 is 4.42 Å². The molecule has 0 aliphatic heterocycles. The molecule has 3 heteroatoms. The molecule has 0 aromatic carbocycles. The maximum Gasteiger partial charge on any atom is 0.193 e. The normalized spacial score (nSPS) is 12.5. The predicted octanol–water partition coefficient (Wildman–Crippen LogP) is 2.56. The fourth-order valence-corrected chi connectivity index (χ4v) is 0.777. The molecule has 10 heavy (non-hydrogen) atoms. The van der Waals surface area contributed by atoms with Crippen molar-refractivity contribution in [2.75, 3.05) is 0 Å². The lowest BCUT2D eigenvalue weighted by Gasteiger charge is -1.92. The molecule has 0 saturated heterocycles. The van der Waals surface area contributed by atoms with Crippen LogP contribution in [0.5, 0.6) is 0 Å². The summed E-state index contributed by atoms with van der Waals surface area (Å²) in [7, 11) is 0. The molecule has 0 N–H and O–H groups in total. The smallest absolute Gasteiger partial charge is 0.193 e. The Morgan fingerprint density at radius 2 is 2.40 bits per heavy atom. The molecule has 0 saturated carbocycles. The summed E-state index contributed by atoms with van der Waals surface area (Å²) in [4.78, 5) is 0. The van der Waals surface area contributed by atoms with E-state index in [0.29, 0.717) is 11.0 Å². The molecular formula is C7H6ClNO. The zero-order valence-electron chi connectivity index (χ0n) is 5.47. The molecule has 0 aliphatic rings. The minimum absolute atomic E-state index is 0.215. The quantitative estimate of drug-likeness (QED) is 0.625. The van der Waals surface area contributed by atoms with E-state index in [2.05, 4.69) is 0 Å². The summed E-state index contributed by atoms with van der Waals surface area (Å²) in [6.45, 7) is 1.76. The SMILES string of the molecule is CC(C#N)c1ccc(Cl)o1.